The minimum Gasteiger partial charge on any atom is -0.548 e. The zero-order valence-corrected chi connectivity index (χ0v) is 13.1. The molecule has 0 spiro atoms. The summed E-state index contributed by atoms with van der Waals surface area (Å²) in [6, 6.07) is 0. The normalized spacial score (nSPS) is 41.9. The van der Waals surface area contributed by atoms with Crippen molar-refractivity contribution in [1.29, 1.82) is 0 Å². The van der Waals surface area contributed by atoms with E-state index in [4.69, 9.17) is 28.4 Å². The van der Waals surface area contributed by atoms with Crippen molar-refractivity contribution in [2.45, 2.75) is 70.0 Å². The Kier molecular flexibility index (Phi) is 3.95. The van der Waals surface area contributed by atoms with Crippen LogP contribution in [0.15, 0.2) is 0 Å². The molecule has 0 aromatic carbocycles. The number of carboxylic acids is 1. The predicted octanol–water partition coefficient (Wildman–Crippen LogP) is -0.851. The molecule has 5 atom stereocenters. The van der Waals surface area contributed by atoms with Crippen LogP contribution in [0.3, 0.4) is 0 Å². The van der Waals surface area contributed by atoms with Crippen molar-refractivity contribution in [1.82, 2.24) is 0 Å². The van der Waals surface area contributed by atoms with Gasteiger partial charge in [0.15, 0.2) is 17.9 Å². The maximum atomic E-state index is 10.5. The monoisotopic (exact) mass is 317 g/mol. The number of fused-ring (bicyclic) bond motifs is 3. The van der Waals surface area contributed by atoms with Crippen LogP contribution in [-0.2, 0) is 33.2 Å². The van der Waals surface area contributed by atoms with Gasteiger partial charge in [-0.25, -0.2) is 0 Å². The summed E-state index contributed by atoms with van der Waals surface area (Å²) < 4.78 is 34.3. The van der Waals surface area contributed by atoms with Gasteiger partial charge in [-0.3, -0.25) is 0 Å². The molecule has 0 amide bonds. The fourth-order valence-corrected chi connectivity index (χ4v) is 3.09. The van der Waals surface area contributed by atoms with Crippen LogP contribution in [0, 0.1) is 0 Å². The molecule has 0 saturated carbocycles. The van der Waals surface area contributed by atoms with Gasteiger partial charge in [0, 0.05) is 0 Å². The van der Waals surface area contributed by atoms with Gasteiger partial charge in [0.05, 0.1) is 19.2 Å². The van der Waals surface area contributed by atoms with Crippen molar-refractivity contribution < 1.29 is 38.3 Å². The first-order chi connectivity index (χ1) is 10.2. The Balaban J connectivity index is 1.73. The van der Waals surface area contributed by atoms with E-state index >= 15 is 0 Å². The Hall–Kier alpha value is -0.770. The summed E-state index contributed by atoms with van der Waals surface area (Å²) in [6.07, 6.45) is -2.31. The average molecular weight is 317 g/mol. The van der Waals surface area contributed by atoms with Gasteiger partial charge in [0.1, 0.15) is 24.4 Å². The van der Waals surface area contributed by atoms with Gasteiger partial charge in [-0.15, -0.1) is 0 Å². The van der Waals surface area contributed by atoms with Crippen molar-refractivity contribution in [3.8, 4) is 0 Å². The molecule has 8 heteroatoms. The first-order valence-corrected chi connectivity index (χ1v) is 7.31. The predicted molar refractivity (Wildman–Crippen MR) is 68.3 cm³/mol. The van der Waals surface area contributed by atoms with Crippen LogP contribution >= 0.6 is 0 Å². The third-order valence-corrected chi connectivity index (χ3v) is 3.75. The van der Waals surface area contributed by atoms with Crippen LogP contribution in [0.2, 0.25) is 0 Å². The Morgan fingerprint density at radius 2 is 1.59 bits per heavy atom. The number of aliphatic carboxylic acids is 1. The van der Waals surface area contributed by atoms with Gasteiger partial charge in [-0.1, -0.05) is 0 Å². The summed E-state index contributed by atoms with van der Waals surface area (Å²) in [7, 11) is 0. The zero-order valence-electron chi connectivity index (χ0n) is 13.1. The lowest BCUT2D eigenvalue weighted by molar-refractivity contribution is -0.311. The molecular weight excluding hydrogens is 296 g/mol. The fourth-order valence-electron chi connectivity index (χ4n) is 3.09. The minimum atomic E-state index is -1.28. The van der Waals surface area contributed by atoms with Crippen LogP contribution in [-0.4, -0.2) is 61.5 Å². The smallest absolute Gasteiger partial charge is 0.190 e. The summed E-state index contributed by atoms with van der Waals surface area (Å²) in [5.41, 5.74) is 0. The van der Waals surface area contributed by atoms with Crippen molar-refractivity contribution in [2.24, 2.45) is 0 Å². The molecule has 8 nitrogen and oxygen atoms in total. The molecule has 0 radical (unpaired) electrons. The van der Waals surface area contributed by atoms with E-state index in [1.54, 1.807) is 27.7 Å². The summed E-state index contributed by atoms with van der Waals surface area (Å²) in [5, 5.41) is 10.5. The molecule has 3 saturated heterocycles. The first-order valence-electron chi connectivity index (χ1n) is 7.31. The second-order valence-corrected chi connectivity index (χ2v) is 6.59. The van der Waals surface area contributed by atoms with E-state index in [-0.39, 0.29) is 12.7 Å². The topological polar surface area (TPSA) is 95.5 Å². The Bertz CT molecular complexity index is 448. The standard InChI is InChI=1S/C14H22O8/c1-13(2)19-9-7(5-17-6-8(15)16)18-12-11(10(9)20-13)21-14(3,4)22-12/h7,9-12H,5-6H2,1-4H3,(H,15,16)/p-1/t7-,9+,10+,11-,12-/m1/s1. The Morgan fingerprint density at radius 1 is 1.00 bits per heavy atom. The van der Waals surface area contributed by atoms with Gasteiger partial charge in [0.2, 0.25) is 0 Å². The molecule has 126 valence electrons. The molecule has 3 heterocycles. The lowest BCUT2D eigenvalue weighted by atomic mass is 9.99. The molecule has 3 fully saturated rings. The number of carbonyl (C=O) groups is 1. The second kappa shape index (κ2) is 5.40. The lowest BCUT2D eigenvalue weighted by Crippen LogP contribution is -2.56. The van der Waals surface area contributed by atoms with Gasteiger partial charge >= 0.3 is 0 Å². The molecule has 0 bridgehead atoms. The molecule has 3 aliphatic rings. The summed E-state index contributed by atoms with van der Waals surface area (Å²) in [6.45, 7) is 6.75. The largest absolute Gasteiger partial charge is 0.548 e. The van der Waals surface area contributed by atoms with E-state index in [0.717, 1.165) is 0 Å². The number of carboxylic acid groups (broad SMARTS) is 1. The molecule has 3 rings (SSSR count). The van der Waals surface area contributed by atoms with Crippen molar-refractivity contribution >= 4 is 5.97 Å². The van der Waals surface area contributed by atoms with Crippen LogP contribution < -0.4 is 5.11 Å². The summed E-state index contributed by atoms with van der Waals surface area (Å²) in [5.74, 6) is -2.84. The van der Waals surface area contributed by atoms with Gasteiger partial charge in [-0.2, -0.15) is 0 Å². The van der Waals surface area contributed by atoms with Crippen LogP contribution in [0.4, 0.5) is 0 Å². The highest BCUT2D eigenvalue weighted by atomic mass is 16.9. The highest BCUT2D eigenvalue weighted by Crippen LogP contribution is 2.44. The number of carbonyl (C=O) groups excluding carboxylic acids is 1. The number of rotatable bonds is 4. The Morgan fingerprint density at radius 3 is 2.27 bits per heavy atom. The maximum Gasteiger partial charge on any atom is 0.190 e. The van der Waals surface area contributed by atoms with E-state index in [2.05, 4.69) is 0 Å². The van der Waals surface area contributed by atoms with Crippen LogP contribution in [0.25, 0.3) is 0 Å². The zero-order chi connectivity index (χ0) is 16.1. The number of hydrogen-bond acceptors (Lipinski definition) is 8. The molecule has 0 aliphatic carbocycles. The van der Waals surface area contributed by atoms with Crippen molar-refractivity contribution in [2.75, 3.05) is 13.2 Å². The van der Waals surface area contributed by atoms with E-state index in [9.17, 15) is 9.90 Å². The highest BCUT2D eigenvalue weighted by molar-refractivity contribution is 5.65. The van der Waals surface area contributed by atoms with E-state index < -0.39 is 48.8 Å². The summed E-state index contributed by atoms with van der Waals surface area (Å²) >= 11 is 0. The SMILES string of the molecule is CC1(C)O[C@H]2[C@@H](O1)[C@@H](COCC(=O)[O-])O[C@@H]1OC(C)(C)O[C@@H]12. The van der Waals surface area contributed by atoms with E-state index in [0.29, 0.717) is 0 Å². The molecule has 22 heavy (non-hydrogen) atoms. The maximum absolute atomic E-state index is 10.5. The number of ether oxygens (including phenoxy) is 6. The molecule has 0 unspecified atom stereocenters. The van der Waals surface area contributed by atoms with Gasteiger partial charge in [-0.05, 0) is 27.7 Å². The lowest BCUT2D eigenvalue weighted by Gasteiger charge is -2.37. The minimum absolute atomic E-state index is 0.0432. The van der Waals surface area contributed by atoms with Crippen molar-refractivity contribution in [3.05, 3.63) is 0 Å². The molecule has 3 aliphatic heterocycles. The number of hydrogen-bond donors (Lipinski definition) is 0. The van der Waals surface area contributed by atoms with Gasteiger partial charge < -0.3 is 38.3 Å². The van der Waals surface area contributed by atoms with E-state index in [1.807, 2.05) is 0 Å². The summed E-state index contributed by atoms with van der Waals surface area (Å²) in [4.78, 5) is 10.5. The Labute approximate surface area is 128 Å². The highest BCUT2D eigenvalue weighted by Gasteiger charge is 2.60. The third kappa shape index (κ3) is 3.12. The van der Waals surface area contributed by atoms with Crippen LogP contribution in [0.1, 0.15) is 27.7 Å². The van der Waals surface area contributed by atoms with Gasteiger partial charge in [0.25, 0.3) is 0 Å². The molecule has 0 aromatic rings. The quantitative estimate of drug-likeness (QED) is 0.661. The second-order valence-electron chi connectivity index (χ2n) is 6.59. The van der Waals surface area contributed by atoms with Crippen molar-refractivity contribution in [3.63, 3.8) is 0 Å². The molecule has 0 N–H and O–H groups in total. The van der Waals surface area contributed by atoms with E-state index in [1.165, 1.54) is 0 Å². The third-order valence-electron chi connectivity index (χ3n) is 3.75. The average Bonchev–Trinajstić information content (AvgIpc) is 2.83. The first kappa shape index (κ1) is 16.1. The molecular formula is C14H21O8-. The molecule has 0 aromatic heterocycles. The van der Waals surface area contributed by atoms with Crippen LogP contribution in [0.5, 0.6) is 0 Å². The fraction of sp³-hybridized carbons (Fsp3) is 0.929.